The number of carbonyl (C=O) groups excluding carboxylic acids is 1. The van der Waals surface area contributed by atoms with Crippen LogP contribution in [0.25, 0.3) is 10.2 Å². The number of pyridine rings is 1. The summed E-state index contributed by atoms with van der Waals surface area (Å²) in [4.78, 5) is 16.7. The monoisotopic (exact) mass is 259 g/mol. The highest BCUT2D eigenvalue weighted by Crippen LogP contribution is 2.31. The zero-order valence-corrected chi connectivity index (χ0v) is 10.8. The van der Waals surface area contributed by atoms with Gasteiger partial charge in [0.15, 0.2) is 0 Å². The van der Waals surface area contributed by atoms with Crippen LogP contribution >= 0.6 is 11.3 Å². The maximum atomic E-state index is 12.1. The van der Waals surface area contributed by atoms with E-state index >= 15 is 0 Å². The van der Waals surface area contributed by atoms with E-state index in [1.54, 1.807) is 6.20 Å². The van der Waals surface area contributed by atoms with Crippen LogP contribution in [0.3, 0.4) is 0 Å². The number of amides is 1. The number of hydrogen-bond donors (Lipinski definition) is 2. The Labute approximate surface area is 109 Å². The van der Waals surface area contributed by atoms with Gasteiger partial charge in [0.05, 0.1) is 16.4 Å². The number of nitrogens with zero attached hydrogens (tertiary/aromatic N) is 1. The molecule has 1 unspecified atom stereocenters. The summed E-state index contributed by atoms with van der Waals surface area (Å²) in [6, 6.07) is 3.43. The Kier molecular flexibility index (Phi) is 3.49. The third-order valence-corrected chi connectivity index (χ3v) is 3.76. The molecule has 0 aromatic carbocycles. The van der Waals surface area contributed by atoms with E-state index < -0.39 is 0 Å². The van der Waals surface area contributed by atoms with Gasteiger partial charge in [0.25, 0.3) is 5.91 Å². The highest BCUT2D eigenvalue weighted by atomic mass is 32.1. The second-order valence-corrected chi connectivity index (χ2v) is 4.85. The topological polar surface area (TPSA) is 68.0 Å². The fourth-order valence-electron chi connectivity index (χ4n) is 1.60. The first kappa shape index (κ1) is 12.4. The van der Waals surface area contributed by atoms with Gasteiger partial charge in [0.2, 0.25) is 0 Å². The SMILES string of the molecule is C#CC(CC)NC(=O)c1sc2cccnc2c1N. The zero-order valence-electron chi connectivity index (χ0n) is 9.93. The molecule has 2 aromatic heterocycles. The molecule has 1 atom stereocenters. The molecular formula is C13H13N3OS. The number of nitrogens with two attached hydrogens (primary N) is 1. The molecule has 0 aliphatic heterocycles. The molecule has 0 spiro atoms. The van der Waals surface area contributed by atoms with Gasteiger partial charge in [-0.05, 0) is 18.6 Å². The summed E-state index contributed by atoms with van der Waals surface area (Å²) in [5, 5.41) is 2.76. The zero-order chi connectivity index (χ0) is 13.1. The Morgan fingerprint density at radius 1 is 1.72 bits per heavy atom. The molecule has 0 aliphatic rings. The van der Waals surface area contributed by atoms with E-state index in [1.807, 2.05) is 19.1 Å². The highest BCUT2D eigenvalue weighted by Gasteiger charge is 2.18. The maximum absolute atomic E-state index is 12.1. The first-order valence-electron chi connectivity index (χ1n) is 5.57. The predicted octanol–water partition coefficient (Wildman–Crippen LogP) is 2.02. The van der Waals surface area contributed by atoms with Gasteiger partial charge in [-0.15, -0.1) is 17.8 Å². The Morgan fingerprint density at radius 2 is 2.50 bits per heavy atom. The van der Waals surface area contributed by atoms with Crippen molar-refractivity contribution in [2.75, 3.05) is 5.73 Å². The van der Waals surface area contributed by atoms with Gasteiger partial charge in [-0.1, -0.05) is 12.8 Å². The van der Waals surface area contributed by atoms with Crippen molar-refractivity contribution in [3.8, 4) is 12.3 Å². The lowest BCUT2D eigenvalue weighted by atomic mass is 10.2. The number of carbonyl (C=O) groups is 1. The van der Waals surface area contributed by atoms with Gasteiger partial charge in [0.1, 0.15) is 10.4 Å². The number of terminal acetylenes is 1. The number of rotatable bonds is 3. The number of anilines is 1. The normalized spacial score (nSPS) is 12.0. The maximum Gasteiger partial charge on any atom is 0.264 e. The fourth-order valence-corrected chi connectivity index (χ4v) is 2.59. The summed E-state index contributed by atoms with van der Waals surface area (Å²) in [7, 11) is 0. The molecule has 0 saturated carbocycles. The third kappa shape index (κ3) is 2.15. The van der Waals surface area contributed by atoms with Crippen molar-refractivity contribution in [2.45, 2.75) is 19.4 Å². The van der Waals surface area contributed by atoms with Gasteiger partial charge in [-0.2, -0.15) is 0 Å². The summed E-state index contributed by atoms with van der Waals surface area (Å²) in [5.41, 5.74) is 7.02. The third-order valence-electron chi connectivity index (χ3n) is 2.60. The van der Waals surface area contributed by atoms with Crippen LogP contribution in [0.2, 0.25) is 0 Å². The van der Waals surface area contributed by atoms with Crippen molar-refractivity contribution in [3.05, 3.63) is 23.2 Å². The van der Waals surface area contributed by atoms with Crippen molar-refractivity contribution in [1.29, 1.82) is 0 Å². The number of thiophene rings is 1. The molecule has 92 valence electrons. The van der Waals surface area contributed by atoms with Crippen LogP contribution in [-0.2, 0) is 0 Å². The molecule has 18 heavy (non-hydrogen) atoms. The predicted molar refractivity (Wildman–Crippen MR) is 74.4 cm³/mol. The number of nitrogens with one attached hydrogen (secondary N) is 1. The van der Waals surface area contributed by atoms with Crippen molar-refractivity contribution in [2.24, 2.45) is 0 Å². The van der Waals surface area contributed by atoms with Crippen molar-refractivity contribution >= 4 is 33.1 Å². The van der Waals surface area contributed by atoms with E-state index in [-0.39, 0.29) is 11.9 Å². The van der Waals surface area contributed by atoms with E-state index in [0.29, 0.717) is 22.5 Å². The number of nitrogen functional groups attached to an aromatic ring is 1. The number of aromatic nitrogens is 1. The summed E-state index contributed by atoms with van der Waals surface area (Å²) < 4.78 is 0.897. The van der Waals surface area contributed by atoms with E-state index in [4.69, 9.17) is 12.2 Å². The second kappa shape index (κ2) is 5.07. The fraction of sp³-hybridized carbons (Fsp3) is 0.231. The average Bonchev–Trinajstić information content (AvgIpc) is 2.74. The van der Waals surface area contributed by atoms with E-state index in [9.17, 15) is 4.79 Å². The average molecular weight is 259 g/mol. The minimum absolute atomic E-state index is 0.236. The molecule has 0 bridgehead atoms. The van der Waals surface area contributed by atoms with Crippen molar-refractivity contribution in [1.82, 2.24) is 10.3 Å². The van der Waals surface area contributed by atoms with Crippen LogP contribution in [0, 0.1) is 12.3 Å². The van der Waals surface area contributed by atoms with Crippen molar-refractivity contribution < 1.29 is 4.79 Å². The van der Waals surface area contributed by atoms with Crippen LogP contribution in [0.1, 0.15) is 23.0 Å². The molecule has 2 heterocycles. The van der Waals surface area contributed by atoms with Crippen LogP contribution in [0.15, 0.2) is 18.3 Å². The summed E-state index contributed by atoms with van der Waals surface area (Å²) in [5.74, 6) is 2.29. The smallest absolute Gasteiger partial charge is 0.264 e. The lowest BCUT2D eigenvalue weighted by Crippen LogP contribution is -2.33. The van der Waals surface area contributed by atoms with Gasteiger partial charge < -0.3 is 11.1 Å². The summed E-state index contributed by atoms with van der Waals surface area (Å²) in [6.07, 6.45) is 7.66. The standard InChI is InChI=1S/C13H13N3OS/c1-3-8(4-2)16-13(17)12-10(14)11-9(18-12)6-5-7-15-11/h1,5-8H,4,14H2,2H3,(H,16,17). The minimum Gasteiger partial charge on any atom is -0.396 e. The quantitative estimate of drug-likeness (QED) is 0.829. The first-order chi connectivity index (χ1) is 8.67. The largest absolute Gasteiger partial charge is 0.396 e. The summed E-state index contributed by atoms with van der Waals surface area (Å²) >= 11 is 1.33. The van der Waals surface area contributed by atoms with E-state index in [1.165, 1.54) is 11.3 Å². The van der Waals surface area contributed by atoms with Crippen LogP contribution in [0.4, 0.5) is 5.69 Å². The van der Waals surface area contributed by atoms with Gasteiger partial charge >= 0.3 is 0 Å². The molecule has 2 rings (SSSR count). The van der Waals surface area contributed by atoms with Crippen LogP contribution in [0.5, 0.6) is 0 Å². The molecule has 3 N–H and O–H groups in total. The van der Waals surface area contributed by atoms with E-state index in [0.717, 1.165) is 4.70 Å². The van der Waals surface area contributed by atoms with E-state index in [2.05, 4.69) is 16.2 Å². The van der Waals surface area contributed by atoms with Crippen LogP contribution < -0.4 is 11.1 Å². The summed E-state index contributed by atoms with van der Waals surface area (Å²) in [6.45, 7) is 1.92. The minimum atomic E-state index is -0.268. The number of hydrogen-bond acceptors (Lipinski definition) is 4. The Bertz CT molecular complexity index is 627. The lowest BCUT2D eigenvalue weighted by Gasteiger charge is -2.09. The molecular weight excluding hydrogens is 246 g/mol. The number of fused-ring (bicyclic) bond motifs is 1. The van der Waals surface area contributed by atoms with Crippen molar-refractivity contribution in [3.63, 3.8) is 0 Å². The van der Waals surface area contributed by atoms with Crippen LogP contribution in [-0.4, -0.2) is 16.9 Å². The Hall–Kier alpha value is -2.06. The molecule has 0 saturated heterocycles. The van der Waals surface area contributed by atoms with Gasteiger partial charge in [-0.25, -0.2) is 0 Å². The Balaban J connectivity index is 2.34. The highest BCUT2D eigenvalue weighted by molar-refractivity contribution is 7.21. The van der Waals surface area contributed by atoms with Gasteiger partial charge in [-0.3, -0.25) is 9.78 Å². The van der Waals surface area contributed by atoms with Gasteiger partial charge in [0, 0.05) is 6.20 Å². The molecule has 5 heteroatoms. The first-order valence-corrected chi connectivity index (χ1v) is 6.39. The Morgan fingerprint density at radius 3 is 3.11 bits per heavy atom. The molecule has 0 radical (unpaired) electrons. The molecule has 0 fully saturated rings. The molecule has 4 nitrogen and oxygen atoms in total. The second-order valence-electron chi connectivity index (χ2n) is 3.80. The molecule has 1 amide bonds. The lowest BCUT2D eigenvalue weighted by molar-refractivity contribution is 0.0950. The molecule has 0 aliphatic carbocycles. The molecule has 2 aromatic rings.